The number of quaternary nitrogens is 2. The first kappa shape index (κ1) is 20.5. The Hall–Kier alpha value is -2.22. The molecule has 0 aliphatic carbocycles. The summed E-state index contributed by atoms with van der Waals surface area (Å²) in [4.78, 5) is 28.6. The van der Waals surface area contributed by atoms with E-state index in [9.17, 15) is 9.59 Å². The molecular formula is C21H29N3O3S+2. The van der Waals surface area contributed by atoms with E-state index in [4.69, 9.17) is 4.74 Å². The molecule has 0 radical (unpaired) electrons. The summed E-state index contributed by atoms with van der Waals surface area (Å²) in [5.41, 5.74) is 1.19. The molecule has 1 aromatic heterocycles. The quantitative estimate of drug-likeness (QED) is 0.580. The highest BCUT2D eigenvalue weighted by Gasteiger charge is 2.25. The zero-order valence-electron chi connectivity index (χ0n) is 16.5. The lowest BCUT2D eigenvalue weighted by atomic mass is 10.2. The second kappa shape index (κ2) is 9.82. The van der Waals surface area contributed by atoms with Gasteiger partial charge in [0.15, 0.2) is 6.54 Å². The molecule has 0 bridgehead atoms. The number of esters is 1. The maximum atomic E-state index is 12.4. The van der Waals surface area contributed by atoms with Crippen LogP contribution in [-0.2, 0) is 16.1 Å². The summed E-state index contributed by atoms with van der Waals surface area (Å²) in [5, 5.41) is 5.05. The van der Waals surface area contributed by atoms with Crippen molar-refractivity contribution in [3.63, 3.8) is 0 Å². The normalized spacial score (nSPS) is 19.4. The van der Waals surface area contributed by atoms with Crippen molar-refractivity contribution in [2.45, 2.75) is 26.5 Å². The average molecular weight is 404 g/mol. The third-order valence-corrected chi connectivity index (χ3v) is 5.70. The second-order valence-electron chi connectivity index (χ2n) is 7.51. The number of anilines is 1. The SMILES string of the molecule is CC(C)OC(=O)c1ccc(NC(=O)C[NH+]2CC[NH+](Cc3cccs3)CC2)cc1. The minimum Gasteiger partial charge on any atom is -0.459 e. The minimum atomic E-state index is -0.347. The fourth-order valence-corrected chi connectivity index (χ4v) is 4.15. The third-order valence-electron chi connectivity index (χ3n) is 4.83. The predicted octanol–water partition coefficient (Wildman–Crippen LogP) is 0.235. The summed E-state index contributed by atoms with van der Waals surface area (Å²) in [6, 6.07) is 11.1. The van der Waals surface area contributed by atoms with Gasteiger partial charge >= 0.3 is 5.97 Å². The first-order valence-electron chi connectivity index (χ1n) is 9.80. The van der Waals surface area contributed by atoms with E-state index in [0.29, 0.717) is 17.8 Å². The van der Waals surface area contributed by atoms with Gasteiger partial charge in [0.05, 0.1) is 16.5 Å². The molecule has 0 unspecified atom stereocenters. The van der Waals surface area contributed by atoms with Crippen molar-refractivity contribution < 1.29 is 24.1 Å². The van der Waals surface area contributed by atoms with Crippen molar-refractivity contribution in [1.29, 1.82) is 0 Å². The summed E-state index contributed by atoms with van der Waals surface area (Å²) in [5.74, 6) is -0.338. The Morgan fingerprint density at radius 1 is 1.07 bits per heavy atom. The predicted molar refractivity (Wildman–Crippen MR) is 110 cm³/mol. The Bertz CT molecular complexity index is 767. The summed E-state index contributed by atoms with van der Waals surface area (Å²) in [6.45, 7) is 9.39. The van der Waals surface area contributed by atoms with Gasteiger partial charge in [-0.1, -0.05) is 6.07 Å². The highest BCUT2D eigenvalue weighted by molar-refractivity contribution is 7.09. The Balaban J connectivity index is 1.41. The first-order chi connectivity index (χ1) is 13.5. The third kappa shape index (κ3) is 6.15. The smallest absolute Gasteiger partial charge is 0.338 e. The topological polar surface area (TPSA) is 64.3 Å². The highest BCUT2D eigenvalue weighted by Crippen LogP contribution is 2.11. The number of carbonyl (C=O) groups is 2. The number of benzene rings is 1. The van der Waals surface area contributed by atoms with E-state index < -0.39 is 0 Å². The van der Waals surface area contributed by atoms with Crippen molar-refractivity contribution in [2.75, 3.05) is 38.0 Å². The van der Waals surface area contributed by atoms with Crippen LogP contribution in [0.1, 0.15) is 29.1 Å². The van der Waals surface area contributed by atoms with Gasteiger partial charge in [0.1, 0.15) is 32.7 Å². The molecule has 7 heteroatoms. The number of nitrogens with one attached hydrogen (secondary N) is 3. The Morgan fingerprint density at radius 2 is 1.75 bits per heavy atom. The summed E-state index contributed by atoms with van der Waals surface area (Å²) < 4.78 is 5.17. The largest absolute Gasteiger partial charge is 0.459 e. The van der Waals surface area contributed by atoms with E-state index >= 15 is 0 Å². The summed E-state index contributed by atoms with van der Waals surface area (Å²) >= 11 is 1.81. The molecule has 1 saturated heterocycles. The number of thiophene rings is 1. The molecule has 2 aromatic rings. The molecule has 0 saturated carbocycles. The molecule has 1 aromatic carbocycles. The van der Waals surface area contributed by atoms with E-state index in [-0.39, 0.29) is 18.0 Å². The lowest BCUT2D eigenvalue weighted by molar-refractivity contribution is -1.01. The first-order valence-corrected chi connectivity index (χ1v) is 10.7. The average Bonchev–Trinajstić information content (AvgIpc) is 3.16. The number of ether oxygens (including phenoxy) is 1. The standard InChI is InChI=1S/C21H27N3O3S/c1-16(2)27-21(26)17-5-7-18(8-6-17)22-20(25)15-24-11-9-23(10-12-24)14-19-4-3-13-28-19/h3-8,13,16H,9-12,14-15H2,1-2H3,(H,22,25)/p+2. The van der Waals surface area contributed by atoms with E-state index in [1.54, 1.807) is 29.2 Å². The van der Waals surface area contributed by atoms with Crippen LogP contribution in [-0.4, -0.2) is 50.7 Å². The van der Waals surface area contributed by atoms with Crippen LogP contribution >= 0.6 is 11.3 Å². The molecule has 6 nitrogen and oxygen atoms in total. The van der Waals surface area contributed by atoms with Gasteiger partial charge in [-0.3, -0.25) is 4.79 Å². The van der Waals surface area contributed by atoms with Crippen molar-refractivity contribution in [2.24, 2.45) is 0 Å². The van der Waals surface area contributed by atoms with Crippen LogP contribution < -0.4 is 15.1 Å². The number of piperazine rings is 1. The molecule has 2 heterocycles. The van der Waals surface area contributed by atoms with Crippen LogP contribution in [0, 0.1) is 0 Å². The molecule has 0 spiro atoms. The molecule has 3 rings (SSSR count). The molecular weight excluding hydrogens is 374 g/mol. The van der Waals surface area contributed by atoms with Crippen molar-refractivity contribution in [3.05, 3.63) is 52.2 Å². The summed E-state index contributed by atoms with van der Waals surface area (Å²) in [7, 11) is 0. The van der Waals surface area contributed by atoms with Crippen molar-refractivity contribution >= 4 is 28.9 Å². The van der Waals surface area contributed by atoms with Crippen molar-refractivity contribution in [1.82, 2.24) is 0 Å². The molecule has 28 heavy (non-hydrogen) atoms. The van der Waals surface area contributed by atoms with Crippen molar-refractivity contribution in [3.8, 4) is 0 Å². The fraction of sp³-hybridized carbons (Fsp3) is 0.429. The number of amides is 1. The van der Waals surface area contributed by atoms with Gasteiger partial charge in [0.25, 0.3) is 5.91 Å². The Kier molecular flexibility index (Phi) is 7.19. The van der Waals surface area contributed by atoms with Gasteiger partial charge in [-0.2, -0.15) is 0 Å². The molecule has 1 fully saturated rings. The van der Waals surface area contributed by atoms with Crippen LogP contribution in [0.3, 0.4) is 0 Å². The number of rotatable bonds is 7. The van der Waals surface area contributed by atoms with Gasteiger partial charge < -0.3 is 19.9 Å². The highest BCUT2D eigenvalue weighted by atomic mass is 32.1. The zero-order chi connectivity index (χ0) is 19.9. The number of carbonyl (C=O) groups excluding carboxylic acids is 2. The van der Waals surface area contributed by atoms with Crippen LogP contribution in [0.25, 0.3) is 0 Å². The lowest BCUT2D eigenvalue weighted by Gasteiger charge is -2.29. The molecule has 3 N–H and O–H groups in total. The van der Waals surface area contributed by atoms with E-state index in [1.807, 2.05) is 25.2 Å². The molecule has 1 amide bonds. The fourth-order valence-electron chi connectivity index (χ4n) is 3.37. The van der Waals surface area contributed by atoms with Gasteiger partial charge in [-0.15, -0.1) is 11.3 Å². The van der Waals surface area contributed by atoms with Gasteiger partial charge in [0.2, 0.25) is 0 Å². The van der Waals surface area contributed by atoms with E-state index in [1.165, 1.54) is 9.78 Å². The Labute approximate surface area is 170 Å². The monoisotopic (exact) mass is 403 g/mol. The summed E-state index contributed by atoms with van der Waals surface area (Å²) in [6.07, 6.45) is -0.150. The van der Waals surface area contributed by atoms with Crippen LogP contribution in [0.2, 0.25) is 0 Å². The maximum Gasteiger partial charge on any atom is 0.338 e. The number of hydrogen-bond donors (Lipinski definition) is 3. The van der Waals surface area contributed by atoms with E-state index in [0.717, 1.165) is 32.7 Å². The molecule has 1 aliphatic rings. The molecule has 1 aliphatic heterocycles. The zero-order valence-corrected chi connectivity index (χ0v) is 17.3. The second-order valence-corrected chi connectivity index (χ2v) is 8.54. The molecule has 150 valence electrons. The molecule has 0 atom stereocenters. The van der Waals surface area contributed by atoms with Gasteiger partial charge in [0, 0.05) is 5.69 Å². The van der Waals surface area contributed by atoms with Crippen LogP contribution in [0.4, 0.5) is 5.69 Å². The van der Waals surface area contributed by atoms with Gasteiger partial charge in [-0.05, 0) is 49.6 Å². The maximum absolute atomic E-state index is 12.4. The van der Waals surface area contributed by atoms with E-state index in [2.05, 4.69) is 22.8 Å². The van der Waals surface area contributed by atoms with Gasteiger partial charge in [-0.25, -0.2) is 4.79 Å². The minimum absolute atomic E-state index is 0.00853. The lowest BCUT2D eigenvalue weighted by Crippen LogP contribution is -3.28. The van der Waals surface area contributed by atoms with Crippen LogP contribution in [0.15, 0.2) is 41.8 Å². The number of hydrogen-bond acceptors (Lipinski definition) is 4. The Morgan fingerprint density at radius 3 is 2.36 bits per heavy atom. The van der Waals surface area contributed by atoms with Crippen LogP contribution in [0.5, 0.6) is 0 Å².